The first kappa shape index (κ1) is 13.4. The third-order valence-electron chi connectivity index (χ3n) is 2.81. The van der Waals surface area contributed by atoms with Gasteiger partial charge >= 0.3 is 0 Å². The van der Waals surface area contributed by atoms with Gasteiger partial charge in [-0.05, 0) is 19.4 Å². The summed E-state index contributed by atoms with van der Waals surface area (Å²) in [5, 5.41) is 7.12. The molecule has 0 spiro atoms. The van der Waals surface area contributed by atoms with Crippen molar-refractivity contribution >= 4 is 0 Å². The molecule has 0 aliphatic carbocycles. The fourth-order valence-electron chi connectivity index (χ4n) is 1.91. The van der Waals surface area contributed by atoms with E-state index in [0.717, 1.165) is 19.4 Å². The number of hydrogen-bond donors (Lipinski definition) is 1. The van der Waals surface area contributed by atoms with Gasteiger partial charge in [-0.25, -0.2) is 8.78 Å². The number of hydrogen-bond acceptors (Lipinski definition) is 5. The predicted octanol–water partition coefficient (Wildman–Crippen LogP) is 1.71. The van der Waals surface area contributed by atoms with E-state index < -0.39 is 13.0 Å². The summed E-state index contributed by atoms with van der Waals surface area (Å²) in [5.41, 5.74) is 0. The Balaban J connectivity index is 1.75. The van der Waals surface area contributed by atoms with E-state index in [1.54, 1.807) is 0 Å². The molecule has 102 valence electrons. The topological polar surface area (TPSA) is 60.2 Å². The third-order valence-corrected chi connectivity index (χ3v) is 2.81. The molecular formula is C11H17F2N3O2. The standard InChI is InChI=1S/C11H17F2N3O2/c12-9(13)7-17-6-4-10-15-11(18-16-10)8-3-1-2-5-14-8/h8-9,14H,1-7H2/t8-/m0/s1. The van der Waals surface area contributed by atoms with Crippen molar-refractivity contribution in [2.45, 2.75) is 38.2 Å². The van der Waals surface area contributed by atoms with Gasteiger partial charge in [0, 0.05) is 6.42 Å². The molecule has 1 aromatic rings. The monoisotopic (exact) mass is 261 g/mol. The number of aromatic nitrogens is 2. The summed E-state index contributed by atoms with van der Waals surface area (Å²) in [7, 11) is 0. The van der Waals surface area contributed by atoms with E-state index in [1.165, 1.54) is 6.42 Å². The summed E-state index contributed by atoms with van der Waals surface area (Å²) in [6.07, 6.45) is 1.26. The molecule has 0 unspecified atom stereocenters. The van der Waals surface area contributed by atoms with Crippen LogP contribution in [0.1, 0.15) is 37.0 Å². The van der Waals surface area contributed by atoms with Gasteiger partial charge in [0.15, 0.2) is 5.82 Å². The molecule has 7 heteroatoms. The molecule has 1 aliphatic rings. The Kier molecular flexibility index (Phi) is 5.00. The number of ether oxygens (including phenoxy) is 1. The van der Waals surface area contributed by atoms with Crippen LogP contribution in [0.25, 0.3) is 0 Å². The van der Waals surface area contributed by atoms with E-state index in [4.69, 9.17) is 9.26 Å². The fourth-order valence-corrected chi connectivity index (χ4v) is 1.91. The Morgan fingerprint density at radius 3 is 3.06 bits per heavy atom. The van der Waals surface area contributed by atoms with Crippen molar-refractivity contribution in [3.8, 4) is 0 Å². The molecule has 1 atom stereocenters. The van der Waals surface area contributed by atoms with Crippen molar-refractivity contribution in [1.29, 1.82) is 0 Å². The van der Waals surface area contributed by atoms with E-state index >= 15 is 0 Å². The zero-order chi connectivity index (χ0) is 12.8. The maximum absolute atomic E-state index is 11.8. The quantitative estimate of drug-likeness (QED) is 0.790. The van der Waals surface area contributed by atoms with Crippen LogP contribution in [0.4, 0.5) is 8.78 Å². The van der Waals surface area contributed by atoms with Crippen LogP contribution >= 0.6 is 0 Å². The minimum Gasteiger partial charge on any atom is -0.375 e. The maximum atomic E-state index is 11.8. The van der Waals surface area contributed by atoms with Gasteiger partial charge in [0.25, 0.3) is 6.43 Å². The summed E-state index contributed by atoms with van der Waals surface area (Å²) in [6, 6.07) is 0.127. The highest BCUT2D eigenvalue weighted by Gasteiger charge is 2.20. The lowest BCUT2D eigenvalue weighted by atomic mass is 10.1. The Morgan fingerprint density at radius 2 is 2.33 bits per heavy atom. The van der Waals surface area contributed by atoms with Crippen LogP contribution in [0, 0.1) is 0 Å². The molecule has 0 saturated carbocycles. The summed E-state index contributed by atoms with van der Waals surface area (Å²) in [5.74, 6) is 1.09. The van der Waals surface area contributed by atoms with E-state index in [0.29, 0.717) is 18.1 Å². The van der Waals surface area contributed by atoms with Gasteiger partial charge in [-0.1, -0.05) is 11.6 Å². The van der Waals surface area contributed by atoms with Gasteiger partial charge < -0.3 is 14.6 Å². The molecule has 2 rings (SSSR count). The molecule has 1 aromatic heterocycles. The summed E-state index contributed by atoms with van der Waals surface area (Å²) in [4.78, 5) is 4.24. The molecule has 1 saturated heterocycles. The van der Waals surface area contributed by atoms with Crippen LogP contribution in [0.3, 0.4) is 0 Å². The Hall–Kier alpha value is -1.08. The van der Waals surface area contributed by atoms with Gasteiger partial charge in [0.05, 0.1) is 12.6 Å². The number of nitrogens with zero attached hydrogens (tertiary/aromatic N) is 2. The van der Waals surface area contributed by atoms with Gasteiger partial charge in [-0.3, -0.25) is 0 Å². The average Bonchev–Trinajstić information content (AvgIpc) is 2.84. The van der Waals surface area contributed by atoms with Crippen LogP contribution in [-0.4, -0.2) is 36.3 Å². The van der Waals surface area contributed by atoms with Crippen LogP contribution < -0.4 is 5.32 Å². The normalized spacial score (nSPS) is 20.5. The highest BCUT2D eigenvalue weighted by atomic mass is 19.3. The van der Waals surface area contributed by atoms with Crippen LogP contribution in [0.2, 0.25) is 0 Å². The van der Waals surface area contributed by atoms with Crippen LogP contribution in [0.5, 0.6) is 0 Å². The van der Waals surface area contributed by atoms with Crippen molar-refractivity contribution < 1.29 is 18.0 Å². The minimum absolute atomic E-state index is 0.127. The summed E-state index contributed by atoms with van der Waals surface area (Å²) < 4.78 is 33.6. The minimum atomic E-state index is -2.43. The molecule has 5 nitrogen and oxygen atoms in total. The van der Waals surface area contributed by atoms with Crippen molar-refractivity contribution in [1.82, 2.24) is 15.5 Å². The third kappa shape index (κ3) is 3.99. The van der Waals surface area contributed by atoms with E-state index in [9.17, 15) is 8.78 Å². The molecule has 0 aromatic carbocycles. The first-order valence-corrected chi connectivity index (χ1v) is 6.17. The molecular weight excluding hydrogens is 244 g/mol. The molecule has 1 N–H and O–H groups in total. The first-order chi connectivity index (χ1) is 8.75. The molecule has 18 heavy (non-hydrogen) atoms. The second-order valence-corrected chi connectivity index (χ2v) is 4.27. The Morgan fingerprint density at radius 1 is 1.44 bits per heavy atom. The second kappa shape index (κ2) is 6.75. The lowest BCUT2D eigenvalue weighted by molar-refractivity contribution is 0.0182. The molecule has 0 bridgehead atoms. The van der Waals surface area contributed by atoms with E-state index in [2.05, 4.69) is 15.5 Å². The Labute approximate surface area is 104 Å². The highest BCUT2D eigenvalue weighted by Crippen LogP contribution is 2.21. The first-order valence-electron chi connectivity index (χ1n) is 6.17. The Bertz CT molecular complexity index is 354. The smallest absolute Gasteiger partial charge is 0.261 e. The van der Waals surface area contributed by atoms with E-state index in [1.807, 2.05) is 0 Å². The number of halogens is 2. The molecule has 1 aliphatic heterocycles. The fraction of sp³-hybridized carbons (Fsp3) is 0.818. The zero-order valence-corrected chi connectivity index (χ0v) is 10.1. The number of nitrogens with one attached hydrogen (secondary N) is 1. The number of piperidine rings is 1. The van der Waals surface area contributed by atoms with Crippen LogP contribution in [0.15, 0.2) is 4.52 Å². The zero-order valence-electron chi connectivity index (χ0n) is 10.1. The molecule has 0 amide bonds. The molecule has 1 fully saturated rings. The van der Waals surface area contributed by atoms with Crippen molar-refractivity contribution in [2.24, 2.45) is 0 Å². The maximum Gasteiger partial charge on any atom is 0.261 e. The number of alkyl halides is 2. The predicted molar refractivity (Wildman–Crippen MR) is 59.4 cm³/mol. The van der Waals surface area contributed by atoms with Gasteiger partial charge in [0.2, 0.25) is 5.89 Å². The number of rotatable bonds is 6. The second-order valence-electron chi connectivity index (χ2n) is 4.27. The SMILES string of the molecule is FC(F)COCCc1noc([C@@H]2CCCCN2)n1. The van der Waals surface area contributed by atoms with Crippen molar-refractivity contribution in [3.63, 3.8) is 0 Å². The lowest BCUT2D eigenvalue weighted by Crippen LogP contribution is -2.27. The van der Waals surface area contributed by atoms with Gasteiger partial charge in [0.1, 0.15) is 6.61 Å². The van der Waals surface area contributed by atoms with Crippen molar-refractivity contribution in [2.75, 3.05) is 19.8 Å². The lowest BCUT2D eigenvalue weighted by Gasteiger charge is -2.19. The molecule has 2 heterocycles. The average molecular weight is 261 g/mol. The largest absolute Gasteiger partial charge is 0.375 e. The summed E-state index contributed by atoms with van der Waals surface area (Å²) in [6.45, 7) is 0.593. The van der Waals surface area contributed by atoms with Gasteiger partial charge in [-0.2, -0.15) is 4.98 Å². The highest BCUT2D eigenvalue weighted by molar-refractivity contribution is 4.94. The van der Waals surface area contributed by atoms with Crippen molar-refractivity contribution in [3.05, 3.63) is 11.7 Å². The van der Waals surface area contributed by atoms with E-state index in [-0.39, 0.29) is 12.6 Å². The summed E-state index contributed by atoms with van der Waals surface area (Å²) >= 11 is 0. The van der Waals surface area contributed by atoms with Gasteiger partial charge in [-0.15, -0.1) is 0 Å². The van der Waals surface area contributed by atoms with Crippen LogP contribution in [-0.2, 0) is 11.2 Å². The molecule has 0 radical (unpaired) electrons.